The first kappa shape index (κ1) is 18.1. The Bertz CT molecular complexity index is 829. The maximum atomic E-state index is 13.5. The molecule has 4 nitrogen and oxygen atoms in total. The monoisotopic (exact) mass is 403 g/mol. The van der Waals surface area contributed by atoms with Crippen LogP contribution in [-0.2, 0) is 6.42 Å². The van der Waals surface area contributed by atoms with Crippen LogP contribution in [0.1, 0.15) is 15.9 Å². The summed E-state index contributed by atoms with van der Waals surface area (Å²) in [5.74, 6) is -0.0638. The summed E-state index contributed by atoms with van der Waals surface area (Å²) in [5.41, 5.74) is 0.909. The summed E-state index contributed by atoms with van der Waals surface area (Å²) < 4.78 is 24.5. The van der Waals surface area contributed by atoms with Crippen molar-refractivity contribution in [3.63, 3.8) is 0 Å². The maximum absolute atomic E-state index is 13.5. The number of ether oxygens (including phenoxy) is 2. The van der Waals surface area contributed by atoms with Crippen LogP contribution in [-0.4, -0.2) is 25.7 Å². The number of hydrogen-bond donors (Lipinski definition) is 1. The lowest BCUT2D eigenvalue weighted by atomic mass is 10.1. The van der Waals surface area contributed by atoms with Gasteiger partial charge >= 0.3 is 0 Å². The van der Waals surface area contributed by atoms with Crippen molar-refractivity contribution in [2.24, 2.45) is 0 Å². The van der Waals surface area contributed by atoms with Gasteiger partial charge in [-0.25, -0.2) is 4.39 Å². The van der Waals surface area contributed by atoms with Crippen molar-refractivity contribution in [3.8, 4) is 11.5 Å². The molecule has 3 rings (SSSR count). The molecular formula is C17H13Cl3FNO3. The Morgan fingerprint density at radius 1 is 1.04 bits per heavy atom. The van der Waals surface area contributed by atoms with E-state index in [-0.39, 0.29) is 15.6 Å². The highest BCUT2D eigenvalue weighted by Crippen LogP contribution is 2.38. The number of carbonyl (C=O) groups is 1. The average Bonchev–Trinajstić information content (AvgIpc) is 2.58. The molecule has 0 aromatic heterocycles. The summed E-state index contributed by atoms with van der Waals surface area (Å²) in [7, 11) is 0. The quantitative estimate of drug-likeness (QED) is 0.762. The summed E-state index contributed by atoms with van der Waals surface area (Å²) in [6, 6.07) is 5.80. The molecule has 0 spiro atoms. The van der Waals surface area contributed by atoms with E-state index < -0.39 is 11.7 Å². The molecule has 0 saturated heterocycles. The van der Waals surface area contributed by atoms with Crippen LogP contribution in [0.4, 0.5) is 4.39 Å². The zero-order valence-electron chi connectivity index (χ0n) is 12.9. The number of fused-ring (bicyclic) bond motifs is 1. The summed E-state index contributed by atoms with van der Waals surface area (Å²) >= 11 is 17.7. The zero-order chi connectivity index (χ0) is 18.0. The number of rotatable bonds is 4. The smallest absolute Gasteiger partial charge is 0.252 e. The second kappa shape index (κ2) is 7.68. The van der Waals surface area contributed by atoms with Gasteiger partial charge in [0.2, 0.25) is 0 Å². The molecule has 0 atom stereocenters. The molecule has 132 valence electrons. The largest absolute Gasteiger partial charge is 0.486 e. The van der Waals surface area contributed by atoms with Crippen LogP contribution in [0.5, 0.6) is 11.5 Å². The molecule has 1 N–H and O–H groups in total. The van der Waals surface area contributed by atoms with Crippen molar-refractivity contribution in [1.82, 2.24) is 5.32 Å². The van der Waals surface area contributed by atoms with Crippen molar-refractivity contribution >= 4 is 40.7 Å². The van der Waals surface area contributed by atoms with Crippen LogP contribution < -0.4 is 14.8 Å². The van der Waals surface area contributed by atoms with Crippen LogP contribution in [0.3, 0.4) is 0 Å². The van der Waals surface area contributed by atoms with Crippen LogP contribution in [0.2, 0.25) is 15.1 Å². The summed E-state index contributed by atoms with van der Waals surface area (Å²) in [6.45, 7) is 1.24. The highest BCUT2D eigenvalue weighted by Gasteiger charge is 2.17. The molecule has 0 saturated carbocycles. The standard InChI is InChI=1S/C17H13Cl3FNO3/c18-11-8-12(19)14(21)7-10(11)17(23)22-2-1-9-5-13(20)16-15(6-9)24-3-4-25-16/h5-8H,1-4H2,(H,22,23). The Labute approximate surface area is 158 Å². The van der Waals surface area contributed by atoms with E-state index in [1.807, 2.05) is 6.07 Å². The number of amides is 1. The molecule has 0 fully saturated rings. The molecule has 0 unspecified atom stereocenters. The van der Waals surface area contributed by atoms with E-state index in [0.29, 0.717) is 42.7 Å². The molecule has 25 heavy (non-hydrogen) atoms. The average molecular weight is 405 g/mol. The van der Waals surface area contributed by atoms with Crippen molar-refractivity contribution < 1.29 is 18.7 Å². The zero-order valence-corrected chi connectivity index (χ0v) is 15.1. The molecular weight excluding hydrogens is 392 g/mol. The van der Waals surface area contributed by atoms with Gasteiger partial charge in [0.05, 0.1) is 20.6 Å². The third-order valence-corrected chi connectivity index (χ3v) is 4.49. The molecule has 0 aliphatic carbocycles. The SMILES string of the molecule is O=C(NCCc1cc(Cl)c2c(c1)OCCO2)c1cc(F)c(Cl)cc1Cl. The van der Waals surface area contributed by atoms with Crippen molar-refractivity contribution in [1.29, 1.82) is 0 Å². The molecule has 1 aliphatic heterocycles. The Balaban J connectivity index is 1.64. The number of hydrogen-bond acceptors (Lipinski definition) is 3. The minimum absolute atomic E-state index is 0.0313. The fourth-order valence-electron chi connectivity index (χ4n) is 2.42. The number of carbonyl (C=O) groups excluding carboxylic acids is 1. The van der Waals surface area contributed by atoms with Crippen LogP contribution in [0, 0.1) is 5.82 Å². The Kier molecular flexibility index (Phi) is 5.57. The van der Waals surface area contributed by atoms with Gasteiger partial charge in [0, 0.05) is 6.54 Å². The molecule has 8 heteroatoms. The summed E-state index contributed by atoms with van der Waals surface area (Å²) in [5, 5.41) is 3.10. The fourth-order valence-corrected chi connectivity index (χ4v) is 3.18. The lowest BCUT2D eigenvalue weighted by Crippen LogP contribution is -2.26. The van der Waals surface area contributed by atoms with Gasteiger partial charge in [-0.1, -0.05) is 34.8 Å². The predicted molar refractivity (Wildman–Crippen MR) is 94.9 cm³/mol. The van der Waals surface area contributed by atoms with Crippen molar-refractivity contribution in [3.05, 3.63) is 56.3 Å². The number of nitrogens with one attached hydrogen (secondary N) is 1. The van der Waals surface area contributed by atoms with Crippen molar-refractivity contribution in [2.75, 3.05) is 19.8 Å². The van der Waals surface area contributed by atoms with E-state index in [0.717, 1.165) is 11.6 Å². The summed E-state index contributed by atoms with van der Waals surface area (Å²) in [4.78, 5) is 12.1. The van der Waals surface area contributed by atoms with E-state index in [9.17, 15) is 9.18 Å². The van der Waals surface area contributed by atoms with Gasteiger partial charge < -0.3 is 14.8 Å². The Morgan fingerprint density at radius 2 is 1.80 bits per heavy atom. The lowest BCUT2D eigenvalue weighted by molar-refractivity contribution is 0.0954. The summed E-state index contributed by atoms with van der Waals surface area (Å²) in [6.07, 6.45) is 0.510. The fraction of sp³-hybridized carbons (Fsp3) is 0.235. The van der Waals surface area contributed by atoms with Crippen LogP contribution in [0.25, 0.3) is 0 Å². The lowest BCUT2D eigenvalue weighted by Gasteiger charge is -2.20. The van der Waals surface area contributed by atoms with E-state index in [1.165, 1.54) is 6.07 Å². The van der Waals surface area contributed by atoms with E-state index in [2.05, 4.69) is 5.32 Å². The van der Waals surface area contributed by atoms with Crippen LogP contribution in [0.15, 0.2) is 24.3 Å². The highest BCUT2D eigenvalue weighted by atomic mass is 35.5. The third-order valence-electron chi connectivity index (χ3n) is 3.61. The second-order valence-electron chi connectivity index (χ2n) is 5.35. The van der Waals surface area contributed by atoms with Gasteiger partial charge in [0.15, 0.2) is 11.5 Å². The van der Waals surface area contributed by atoms with Gasteiger partial charge in [-0.05, 0) is 36.2 Å². The molecule has 1 heterocycles. The molecule has 1 amide bonds. The second-order valence-corrected chi connectivity index (χ2v) is 6.58. The first-order valence-electron chi connectivity index (χ1n) is 7.46. The van der Waals surface area contributed by atoms with Crippen molar-refractivity contribution in [2.45, 2.75) is 6.42 Å². The Morgan fingerprint density at radius 3 is 2.60 bits per heavy atom. The van der Waals surface area contributed by atoms with E-state index in [1.54, 1.807) is 6.07 Å². The van der Waals surface area contributed by atoms with Gasteiger partial charge in [-0.2, -0.15) is 0 Å². The first-order valence-corrected chi connectivity index (χ1v) is 8.60. The first-order chi connectivity index (χ1) is 12.0. The maximum Gasteiger partial charge on any atom is 0.252 e. The minimum atomic E-state index is -0.699. The number of benzene rings is 2. The van der Waals surface area contributed by atoms with Crippen LogP contribution >= 0.6 is 34.8 Å². The predicted octanol–water partition coefficient (Wildman–Crippen LogP) is 4.53. The van der Waals surface area contributed by atoms with E-state index in [4.69, 9.17) is 44.3 Å². The third kappa shape index (κ3) is 4.11. The number of halogens is 4. The van der Waals surface area contributed by atoms with Gasteiger partial charge in [0.25, 0.3) is 5.91 Å². The molecule has 1 aliphatic rings. The van der Waals surface area contributed by atoms with Gasteiger partial charge in [-0.3, -0.25) is 4.79 Å². The topological polar surface area (TPSA) is 47.6 Å². The van der Waals surface area contributed by atoms with E-state index >= 15 is 0 Å². The Hall–Kier alpha value is -1.69. The molecule has 0 radical (unpaired) electrons. The normalized spacial score (nSPS) is 12.8. The van der Waals surface area contributed by atoms with Gasteiger partial charge in [-0.15, -0.1) is 0 Å². The molecule has 2 aromatic rings. The minimum Gasteiger partial charge on any atom is -0.486 e. The molecule has 0 bridgehead atoms. The highest BCUT2D eigenvalue weighted by molar-refractivity contribution is 6.36. The van der Waals surface area contributed by atoms with Gasteiger partial charge in [0.1, 0.15) is 19.0 Å². The molecule has 2 aromatic carbocycles.